The molecular weight excluding hydrogens is 194 g/mol. The molecule has 1 fully saturated rings. The van der Waals surface area contributed by atoms with Crippen LogP contribution in [0, 0.1) is 6.92 Å². The van der Waals surface area contributed by atoms with Gasteiger partial charge in [0, 0.05) is 17.5 Å². The zero-order chi connectivity index (χ0) is 9.97. The van der Waals surface area contributed by atoms with Gasteiger partial charge in [0.25, 0.3) is 0 Å². The molecule has 0 spiro atoms. The second kappa shape index (κ2) is 4.13. The van der Waals surface area contributed by atoms with Crippen LogP contribution in [0.15, 0.2) is 18.3 Å². The highest BCUT2D eigenvalue weighted by molar-refractivity contribution is 8.00. The molecule has 0 N–H and O–H groups in total. The fraction of sp³-hybridized carbons (Fsp3) is 0.455. The van der Waals surface area contributed by atoms with Gasteiger partial charge in [0.2, 0.25) is 0 Å². The minimum Gasteiger partial charge on any atom is -0.293 e. The van der Waals surface area contributed by atoms with E-state index >= 15 is 0 Å². The molecular formula is C11H13NOS. The summed E-state index contributed by atoms with van der Waals surface area (Å²) in [5.74, 6) is 1.37. The third kappa shape index (κ3) is 1.98. The molecule has 2 nitrogen and oxygen atoms in total. The van der Waals surface area contributed by atoms with Crippen LogP contribution in [0.5, 0.6) is 0 Å². The molecule has 0 saturated carbocycles. The Kier molecular flexibility index (Phi) is 2.87. The Bertz CT molecular complexity index is 328. The molecule has 0 amide bonds. The number of aromatic nitrogens is 1. The smallest absolute Gasteiger partial charge is 0.177 e. The third-order valence-corrected chi connectivity index (χ3v) is 3.79. The van der Waals surface area contributed by atoms with Crippen LogP contribution in [-0.2, 0) is 0 Å². The Hall–Kier alpha value is -0.830. The first kappa shape index (κ1) is 9.71. The van der Waals surface area contributed by atoms with Crippen molar-refractivity contribution in [3.05, 3.63) is 29.6 Å². The molecule has 74 valence electrons. The van der Waals surface area contributed by atoms with E-state index in [0.29, 0.717) is 0 Å². The van der Waals surface area contributed by atoms with Gasteiger partial charge in [0.15, 0.2) is 5.78 Å². The number of rotatable bonds is 2. The quantitative estimate of drug-likeness (QED) is 0.698. The number of hydrogen-bond acceptors (Lipinski definition) is 3. The maximum Gasteiger partial charge on any atom is 0.177 e. The van der Waals surface area contributed by atoms with Gasteiger partial charge in [-0.3, -0.25) is 9.78 Å². The van der Waals surface area contributed by atoms with Gasteiger partial charge in [-0.2, -0.15) is 11.8 Å². The number of carbonyl (C=O) groups excluding carboxylic acids is 1. The number of ketones is 1. The third-order valence-electron chi connectivity index (χ3n) is 2.42. The lowest BCUT2D eigenvalue weighted by atomic mass is 10.1. The molecule has 3 heteroatoms. The van der Waals surface area contributed by atoms with Crippen molar-refractivity contribution in [3.63, 3.8) is 0 Å². The normalized spacial score (nSPS) is 21.1. The van der Waals surface area contributed by atoms with Gasteiger partial charge in [0.05, 0.1) is 5.25 Å². The van der Waals surface area contributed by atoms with Crippen LogP contribution >= 0.6 is 11.8 Å². The molecule has 1 atom stereocenters. The number of nitrogens with zero attached hydrogens (tertiary/aromatic N) is 1. The van der Waals surface area contributed by atoms with E-state index in [4.69, 9.17) is 0 Å². The van der Waals surface area contributed by atoms with Crippen molar-refractivity contribution in [2.24, 2.45) is 0 Å². The van der Waals surface area contributed by atoms with Crippen molar-refractivity contribution in [2.75, 3.05) is 5.75 Å². The highest BCUT2D eigenvalue weighted by Crippen LogP contribution is 2.28. The standard InChI is InChI=1S/C11H13NOS/c1-8-4-5-9(7-12-8)11(13)10-3-2-6-14-10/h4-5,7,10H,2-3,6H2,1H3. The zero-order valence-corrected chi connectivity index (χ0v) is 9.01. The topological polar surface area (TPSA) is 30.0 Å². The predicted octanol–water partition coefficient (Wildman–Crippen LogP) is 2.47. The SMILES string of the molecule is Cc1ccc(C(=O)C2CCCS2)cn1. The van der Waals surface area contributed by atoms with E-state index in [-0.39, 0.29) is 11.0 Å². The summed E-state index contributed by atoms with van der Waals surface area (Å²) in [7, 11) is 0. The maximum absolute atomic E-state index is 11.9. The van der Waals surface area contributed by atoms with Gasteiger partial charge < -0.3 is 0 Å². The lowest BCUT2D eigenvalue weighted by molar-refractivity contribution is 0.0988. The second-order valence-electron chi connectivity index (χ2n) is 3.55. The second-order valence-corrected chi connectivity index (χ2v) is 4.86. The monoisotopic (exact) mass is 207 g/mol. The molecule has 1 aliphatic heterocycles. The number of hydrogen-bond donors (Lipinski definition) is 0. The number of aryl methyl sites for hydroxylation is 1. The van der Waals surface area contributed by atoms with Crippen LogP contribution in [0.4, 0.5) is 0 Å². The van der Waals surface area contributed by atoms with Crippen LogP contribution < -0.4 is 0 Å². The van der Waals surface area contributed by atoms with E-state index in [9.17, 15) is 4.79 Å². The fourth-order valence-electron chi connectivity index (χ4n) is 1.58. The van der Waals surface area contributed by atoms with Gasteiger partial charge in [-0.15, -0.1) is 0 Å². The molecule has 1 aromatic rings. The van der Waals surface area contributed by atoms with Crippen LogP contribution in [0.2, 0.25) is 0 Å². The molecule has 0 aromatic carbocycles. The van der Waals surface area contributed by atoms with E-state index in [2.05, 4.69) is 4.98 Å². The number of Topliss-reactive ketones (excluding diaryl/α,β-unsaturated/α-hetero) is 1. The van der Waals surface area contributed by atoms with E-state index < -0.39 is 0 Å². The van der Waals surface area contributed by atoms with Gasteiger partial charge in [-0.25, -0.2) is 0 Å². The van der Waals surface area contributed by atoms with E-state index in [1.165, 1.54) is 6.42 Å². The maximum atomic E-state index is 11.9. The molecule has 0 radical (unpaired) electrons. The first-order chi connectivity index (χ1) is 6.77. The largest absolute Gasteiger partial charge is 0.293 e. The summed E-state index contributed by atoms with van der Waals surface area (Å²) in [6.07, 6.45) is 3.88. The average molecular weight is 207 g/mol. The average Bonchev–Trinajstić information content (AvgIpc) is 2.71. The summed E-state index contributed by atoms with van der Waals surface area (Å²) < 4.78 is 0. The predicted molar refractivity (Wildman–Crippen MR) is 58.8 cm³/mol. The highest BCUT2D eigenvalue weighted by atomic mass is 32.2. The molecule has 1 aromatic heterocycles. The van der Waals surface area contributed by atoms with Crippen molar-refractivity contribution in [1.29, 1.82) is 0 Å². The molecule has 1 aliphatic rings. The molecule has 1 saturated heterocycles. The zero-order valence-electron chi connectivity index (χ0n) is 8.19. The van der Waals surface area contributed by atoms with Crippen LogP contribution in [0.25, 0.3) is 0 Å². The van der Waals surface area contributed by atoms with Crippen molar-refractivity contribution in [2.45, 2.75) is 25.0 Å². The molecule has 0 bridgehead atoms. The van der Waals surface area contributed by atoms with E-state index in [0.717, 1.165) is 23.4 Å². The number of thioether (sulfide) groups is 1. The molecule has 0 aliphatic carbocycles. The van der Waals surface area contributed by atoms with Gasteiger partial charge in [-0.1, -0.05) is 0 Å². The Balaban J connectivity index is 2.14. The first-order valence-corrected chi connectivity index (χ1v) is 5.91. The summed E-state index contributed by atoms with van der Waals surface area (Å²) in [6, 6.07) is 3.77. The lowest BCUT2D eigenvalue weighted by Crippen LogP contribution is -2.14. The Labute approximate surface area is 88.1 Å². The van der Waals surface area contributed by atoms with Crippen molar-refractivity contribution < 1.29 is 4.79 Å². The Morgan fingerprint density at radius 3 is 3.00 bits per heavy atom. The van der Waals surface area contributed by atoms with E-state index in [1.54, 1.807) is 18.0 Å². The summed E-state index contributed by atoms with van der Waals surface area (Å²) in [6.45, 7) is 1.93. The lowest BCUT2D eigenvalue weighted by Gasteiger charge is -2.06. The van der Waals surface area contributed by atoms with Gasteiger partial charge in [-0.05, 0) is 37.7 Å². The molecule has 1 unspecified atom stereocenters. The first-order valence-electron chi connectivity index (χ1n) is 4.86. The number of carbonyl (C=O) groups is 1. The Morgan fingerprint density at radius 1 is 1.57 bits per heavy atom. The fourth-order valence-corrected chi connectivity index (χ4v) is 2.82. The molecule has 2 heterocycles. The van der Waals surface area contributed by atoms with E-state index in [1.807, 2.05) is 19.1 Å². The van der Waals surface area contributed by atoms with Crippen molar-refractivity contribution in [3.8, 4) is 0 Å². The van der Waals surface area contributed by atoms with Gasteiger partial charge >= 0.3 is 0 Å². The highest BCUT2D eigenvalue weighted by Gasteiger charge is 2.24. The summed E-state index contributed by atoms with van der Waals surface area (Å²) in [4.78, 5) is 16.0. The Morgan fingerprint density at radius 2 is 2.43 bits per heavy atom. The van der Waals surface area contributed by atoms with Crippen LogP contribution in [0.1, 0.15) is 28.9 Å². The summed E-state index contributed by atoms with van der Waals surface area (Å²) >= 11 is 1.77. The van der Waals surface area contributed by atoms with Crippen LogP contribution in [0.3, 0.4) is 0 Å². The minimum atomic E-state index is 0.180. The van der Waals surface area contributed by atoms with Crippen LogP contribution in [-0.4, -0.2) is 21.8 Å². The molecule has 2 rings (SSSR count). The van der Waals surface area contributed by atoms with Crippen molar-refractivity contribution in [1.82, 2.24) is 4.98 Å². The number of pyridine rings is 1. The summed E-state index contributed by atoms with van der Waals surface area (Å²) in [5.41, 5.74) is 1.72. The minimum absolute atomic E-state index is 0.180. The summed E-state index contributed by atoms with van der Waals surface area (Å²) in [5, 5.41) is 0.180. The van der Waals surface area contributed by atoms with Gasteiger partial charge in [0.1, 0.15) is 0 Å². The van der Waals surface area contributed by atoms with Crippen molar-refractivity contribution >= 4 is 17.5 Å². The molecule has 14 heavy (non-hydrogen) atoms.